The van der Waals surface area contributed by atoms with Crippen LogP contribution in [0.5, 0.6) is 5.88 Å². The summed E-state index contributed by atoms with van der Waals surface area (Å²) in [4.78, 5) is 20.0. The van der Waals surface area contributed by atoms with E-state index in [4.69, 9.17) is 4.74 Å². The second-order valence-corrected chi connectivity index (χ2v) is 12.1. The molecule has 0 saturated heterocycles. The van der Waals surface area contributed by atoms with Crippen LogP contribution in [0.1, 0.15) is 26.3 Å². The molecule has 2 heterocycles. The number of carbonyl (C=O) groups excluding carboxylic acids is 1. The largest absolute Gasteiger partial charge is 0.413 e. The third-order valence-corrected chi connectivity index (χ3v) is 7.90. The van der Waals surface area contributed by atoms with Gasteiger partial charge in [0.15, 0.2) is 0 Å². The minimum Gasteiger partial charge on any atom is -0.393 e. The van der Waals surface area contributed by atoms with Crippen LogP contribution in [0.25, 0.3) is 22.0 Å². The maximum Gasteiger partial charge on any atom is 0.413 e. The highest BCUT2D eigenvalue weighted by Gasteiger charge is 2.21. The van der Waals surface area contributed by atoms with E-state index in [0.29, 0.717) is 35.2 Å². The Morgan fingerprint density at radius 3 is 2.45 bits per heavy atom. The van der Waals surface area contributed by atoms with Gasteiger partial charge in [-0.25, -0.2) is 18.2 Å². The van der Waals surface area contributed by atoms with Gasteiger partial charge in [0.1, 0.15) is 0 Å². The second kappa shape index (κ2) is 10.9. The van der Waals surface area contributed by atoms with E-state index in [2.05, 4.69) is 40.8 Å². The number of hydrogen-bond donors (Lipinski definition) is 3. The third kappa shape index (κ3) is 6.02. The zero-order valence-corrected chi connectivity index (χ0v) is 23.3. The molecular weight excluding hydrogens is 526 g/mol. The standard InChI is InChI=1S/C30H31N5O4S/c1-30(2,3)22-9-12-24(13-10-22)40(37,38)34-23-11-14-26-25(19-23)27(21-7-5-4-6-8-21)28(33-26)39-29(36)32-16-18-35-17-15-31-20-35/h4-15,17,19-20,33-34H,16,18H2,1-3H3,(H,32,36). The number of aromatic nitrogens is 3. The Bertz CT molecular complexity index is 1720. The van der Waals surface area contributed by atoms with Crippen LogP contribution in [0.2, 0.25) is 0 Å². The first-order valence-corrected chi connectivity index (χ1v) is 14.3. The molecule has 5 rings (SSSR count). The molecule has 0 unspecified atom stereocenters. The van der Waals surface area contributed by atoms with Gasteiger partial charge in [-0.1, -0.05) is 63.2 Å². The number of H-pyrrole nitrogens is 1. The smallest absolute Gasteiger partial charge is 0.393 e. The number of rotatable bonds is 8. The van der Waals surface area contributed by atoms with Gasteiger partial charge in [-0.05, 0) is 46.9 Å². The first kappa shape index (κ1) is 27.0. The Balaban J connectivity index is 1.42. The van der Waals surface area contributed by atoms with Crippen LogP contribution in [0.4, 0.5) is 10.5 Å². The second-order valence-electron chi connectivity index (χ2n) is 10.5. The molecule has 3 N–H and O–H groups in total. The van der Waals surface area contributed by atoms with Gasteiger partial charge >= 0.3 is 6.09 Å². The Hall–Kier alpha value is -4.57. The summed E-state index contributed by atoms with van der Waals surface area (Å²) < 4.78 is 36.6. The number of nitrogens with zero attached hydrogens (tertiary/aromatic N) is 2. The van der Waals surface area contributed by atoms with E-state index in [1.165, 1.54) is 0 Å². The molecule has 0 radical (unpaired) electrons. The van der Waals surface area contributed by atoms with Crippen molar-refractivity contribution in [3.05, 3.63) is 97.1 Å². The van der Waals surface area contributed by atoms with Gasteiger partial charge in [-0.2, -0.15) is 0 Å². The monoisotopic (exact) mass is 557 g/mol. The first-order valence-electron chi connectivity index (χ1n) is 12.9. The van der Waals surface area contributed by atoms with E-state index >= 15 is 0 Å². The Labute approximate surface area is 233 Å². The van der Waals surface area contributed by atoms with Crippen molar-refractivity contribution in [3.8, 4) is 17.0 Å². The summed E-state index contributed by atoms with van der Waals surface area (Å²) in [6.45, 7) is 7.14. The lowest BCUT2D eigenvalue weighted by molar-refractivity contribution is 0.199. The van der Waals surface area contributed by atoms with E-state index < -0.39 is 16.1 Å². The molecule has 0 saturated carbocycles. The number of sulfonamides is 1. The van der Waals surface area contributed by atoms with Crippen LogP contribution in [0.3, 0.4) is 0 Å². The number of amides is 1. The summed E-state index contributed by atoms with van der Waals surface area (Å²) in [6, 6.07) is 21.5. The summed E-state index contributed by atoms with van der Waals surface area (Å²) in [5.74, 6) is 0.263. The van der Waals surface area contributed by atoms with Crippen molar-refractivity contribution < 1.29 is 17.9 Å². The summed E-state index contributed by atoms with van der Waals surface area (Å²) in [6.07, 6.45) is 4.55. The highest BCUT2D eigenvalue weighted by atomic mass is 32.2. The summed E-state index contributed by atoms with van der Waals surface area (Å²) in [5.41, 5.74) is 3.51. The SMILES string of the molecule is CC(C)(C)c1ccc(S(=O)(=O)Nc2ccc3[nH]c(OC(=O)NCCn4ccnc4)c(-c4ccccc4)c3c2)cc1. The molecular formula is C30H31N5O4S. The highest BCUT2D eigenvalue weighted by Crippen LogP contribution is 2.39. The molecule has 0 aliphatic heterocycles. The summed E-state index contributed by atoms with van der Waals surface area (Å²) >= 11 is 0. The van der Waals surface area contributed by atoms with Crippen LogP contribution in [-0.2, 0) is 22.0 Å². The number of imidazole rings is 1. The van der Waals surface area contributed by atoms with Crippen molar-refractivity contribution in [1.82, 2.24) is 19.9 Å². The van der Waals surface area contributed by atoms with Crippen LogP contribution in [-0.4, -0.2) is 35.6 Å². The molecule has 0 aliphatic rings. The molecule has 1 amide bonds. The number of anilines is 1. The molecule has 0 spiro atoms. The molecule has 0 fully saturated rings. The highest BCUT2D eigenvalue weighted by molar-refractivity contribution is 7.92. The number of nitrogens with one attached hydrogen (secondary N) is 3. The van der Waals surface area contributed by atoms with E-state index in [9.17, 15) is 13.2 Å². The number of ether oxygens (including phenoxy) is 1. The maximum absolute atomic E-state index is 13.2. The van der Waals surface area contributed by atoms with Crippen molar-refractivity contribution in [2.45, 2.75) is 37.6 Å². The fourth-order valence-corrected chi connectivity index (χ4v) is 5.43. The zero-order chi connectivity index (χ0) is 28.3. The predicted molar refractivity (Wildman–Crippen MR) is 156 cm³/mol. The van der Waals surface area contributed by atoms with Crippen molar-refractivity contribution >= 4 is 32.7 Å². The van der Waals surface area contributed by atoms with Crippen molar-refractivity contribution in [2.24, 2.45) is 0 Å². The normalized spacial score (nSPS) is 11.9. The number of fused-ring (bicyclic) bond motifs is 1. The number of benzene rings is 3. The van der Waals surface area contributed by atoms with E-state index in [-0.39, 0.29) is 16.2 Å². The fraction of sp³-hybridized carbons (Fsp3) is 0.200. The first-order chi connectivity index (χ1) is 19.1. The molecule has 0 atom stereocenters. The van der Waals surface area contributed by atoms with Gasteiger partial charge in [0.25, 0.3) is 10.0 Å². The molecule has 2 aromatic heterocycles. The number of carbonyl (C=O) groups is 1. The molecule has 10 heteroatoms. The van der Waals surface area contributed by atoms with E-state index in [1.54, 1.807) is 42.9 Å². The predicted octanol–water partition coefficient (Wildman–Crippen LogP) is 5.92. The lowest BCUT2D eigenvalue weighted by atomic mass is 9.87. The lowest BCUT2D eigenvalue weighted by Gasteiger charge is -2.19. The Morgan fingerprint density at radius 1 is 1.02 bits per heavy atom. The van der Waals surface area contributed by atoms with Crippen molar-refractivity contribution in [2.75, 3.05) is 11.3 Å². The molecule has 3 aromatic carbocycles. The van der Waals surface area contributed by atoms with Crippen LogP contribution in [0.15, 0.2) is 96.4 Å². The number of hydrogen-bond acceptors (Lipinski definition) is 5. The average Bonchev–Trinajstić information content (AvgIpc) is 3.56. The van der Waals surface area contributed by atoms with Crippen LogP contribution in [0, 0.1) is 0 Å². The Kier molecular flexibility index (Phi) is 7.36. The van der Waals surface area contributed by atoms with Crippen LogP contribution < -0.4 is 14.8 Å². The summed E-state index contributed by atoms with van der Waals surface area (Å²) in [5, 5.41) is 3.45. The molecule has 206 valence electrons. The van der Waals surface area contributed by atoms with Gasteiger partial charge in [0, 0.05) is 42.1 Å². The molecule has 0 aliphatic carbocycles. The van der Waals surface area contributed by atoms with Gasteiger partial charge in [-0.3, -0.25) is 4.72 Å². The maximum atomic E-state index is 13.2. The molecule has 0 bridgehead atoms. The Morgan fingerprint density at radius 2 is 1.77 bits per heavy atom. The number of aromatic amines is 1. The minimum absolute atomic E-state index is 0.0837. The zero-order valence-electron chi connectivity index (χ0n) is 22.5. The topological polar surface area (TPSA) is 118 Å². The van der Waals surface area contributed by atoms with E-state index in [1.807, 2.05) is 53.2 Å². The van der Waals surface area contributed by atoms with Gasteiger partial charge in [0.05, 0.1) is 16.8 Å². The van der Waals surface area contributed by atoms with Gasteiger partial charge < -0.3 is 19.6 Å². The summed E-state index contributed by atoms with van der Waals surface area (Å²) in [7, 11) is -3.82. The average molecular weight is 558 g/mol. The minimum atomic E-state index is -3.82. The molecule has 5 aromatic rings. The van der Waals surface area contributed by atoms with Gasteiger partial charge in [0.2, 0.25) is 5.88 Å². The van der Waals surface area contributed by atoms with Gasteiger partial charge in [-0.15, -0.1) is 0 Å². The third-order valence-electron chi connectivity index (χ3n) is 6.50. The van der Waals surface area contributed by atoms with E-state index in [0.717, 1.165) is 11.1 Å². The molecule has 40 heavy (non-hydrogen) atoms. The lowest BCUT2D eigenvalue weighted by Crippen LogP contribution is -2.30. The fourth-order valence-electron chi connectivity index (χ4n) is 4.38. The quantitative estimate of drug-likeness (QED) is 0.219. The van der Waals surface area contributed by atoms with Crippen LogP contribution >= 0.6 is 0 Å². The molecule has 9 nitrogen and oxygen atoms in total. The van der Waals surface area contributed by atoms with Crippen molar-refractivity contribution in [3.63, 3.8) is 0 Å². The van der Waals surface area contributed by atoms with Crippen molar-refractivity contribution in [1.29, 1.82) is 0 Å².